The lowest BCUT2D eigenvalue weighted by atomic mass is 10.2. The standard InChI is InChI=1S/C13H25N3O3/c1-9(14)11(17)16-7-5-6-10(16)8-15-12(18)19-13(2,3)4/h9-10H,5-8,14H2,1-4H3,(H,15,18). The van der Waals surface area contributed by atoms with Crippen LogP contribution in [0.2, 0.25) is 0 Å². The van der Waals surface area contributed by atoms with E-state index in [1.54, 1.807) is 11.8 Å². The molecule has 2 atom stereocenters. The molecule has 0 aromatic rings. The zero-order valence-corrected chi connectivity index (χ0v) is 12.2. The van der Waals surface area contributed by atoms with Gasteiger partial charge >= 0.3 is 6.09 Å². The van der Waals surface area contributed by atoms with E-state index in [1.165, 1.54) is 0 Å². The van der Waals surface area contributed by atoms with Crippen molar-refractivity contribution in [3.63, 3.8) is 0 Å². The highest BCUT2D eigenvalue weighted by atomic mass is 16.6. The quantitative estimate of drug-likeness (QED) is 0.797. The number of alkyl carbamates (subject to hydrolysis) is 1. The van der Waals surface area contributed by atoms with Gasteiger partial charge in [0, 0.05) is 19.1 Å². The minimum Gasteiger partial charge on any atom is -0.444 e. The predicted octanol–water partition coefficient (Wildman–Crippen LogP) is 0.849. The molecule has 0 spiro atoms. The topological polar surface area (TPSA) is 84.7 Å². The highest BCUT2D eigenvalue weighted by Crippen LogP contribution is 2.17. The highest BCUT2D eigenvalue weighted by molar-refractivity contribution is 5.81. The number of carbonyl (C=O) groups is 2. The number of carbonyl (C=O) groups excluding carboxylic acids is 2. The van der Waals surface area contributed by atoms with Crippen LogP contribution in [0.4, 0.5) is 4.79 Å². The summed E-state index contributed by atoms with van der Waals surface area (Å²) in [5, 5.41) is 2.71. The molecule has 0 saturated carbocycles. The molecule has 2 amide bonds. The maximum absolute atomic E-state index is 11.9. The molecular weight excluding hydrogens is 246 g/mol. The van der Waals surface area contributed by atoms with Gasteiger partial charge in [0.2, 0.25) is 5.91 Å². The summed E-state index contributed by atoms with van der Waals surface area (Å²) in [7, 11) is 0. The third kappa shape index (κ3) is 5.06. The Morgan fingerprint density at radius 3 is 2.63 bits per heavy atom. The number of hydrogen-bond acceptors (Lipinski definition) is 4. The van der Waals surface area contributed by atoms with Crippen LogP contribution in [0.15, 0.2) is 0 Å². The van der Waals surface area contributed by atoms with Crippen LogP contribution in [-0.4, -0.2) is 47.7 Å². The molecule has 1 heterocycles. The van der Waals surface area contributed by atoms with Gasteiger partial charge in [-0.3, -0.25) is 4.79 Å². The number of ether oxygens (including phenoxy) is 1. The van der Waals surface area contributed by atoms with E-state index >= 15 is 0 Å². The van der Waals surface area contributed by atoms with Crippen LogP contribution in [0.25, 0.3) is 0 Å². The Hall–Kier alpha value is -1.30. The van der Waals surface area contributed by atoms with Crippen LogP contribution in [0.3, 0.4) is 0 Å². The van der Waals surface area contributed by atoms with Crippen molar-refractivity contribution in [2.24, 2.45) is 5.73 Å². The van der Waals surface area contributed by atoms with Crippen LogP contribution in [-0.2, 0) is 9.53 Å². The maximum atomic E-state index is 11.9. The van der Waals surface area contributed by atoms with Crippen LogP contribution >= 0.6 is 0 Å². The van der Waals surface area contributed by atoms with E-state index < -0.39 is 17.7 Å². The lowest BCUT2D eigenvalue weighted by molar-refractivity contribution is -0.132. The van der Waals surface area contributed by atoms with Crippen molar-refractivity contribution in [3.05, 3.63) is 0 Å². The van der Waals surface area contributed by atoms with Crippen molar-refractivity contribution < 1.29 is 14.3 Å². The Kier molecular flexibility index (Phi) is 5.17. The molecule has 1 rings (SSSR count). The second-order valence-electron chi connectivity index (χ2n) is 6.00. The van der Waals surface area contributed by atoms with E-state index in [-0.39, 0.29) is 11.9 Å². The largest absolute Gasteiger partial charge is 0.444 e. The molecule has 3 N–H and O–H groups in total. The second kappa shape index (κ2) is 6.23. The first kappa shape index (κ1) is 15.8. The molecule has 6 heteroatoms. The van der Waals surface area contributed by atoms with Crippen molar-refractivity contribution in [2.45, 2.75) is 58.2 Å². The van der Waals surface area contributed by atoms with E-state index in [0.717, 1.165) is 12.8 Å². The third-order valence-corrected chi connectivity index (χ3v) is 2.93. The SMILES string of the molecule is CC(N)C(=O)N1CCCC1CNC(=O)OC(C)(C)C. The van der Waals surface area contributed by atoms with Gasteiger partial charge in [-0.05, 0) is 40.5 Å². The van der Waals surface area contributed by atoms with Gasteiger partial charge in [-0.1, -0.05) is 0 Å². The van der Waals surface area contributed by atoms with E-state index in [9.17, 15) is 9.59 Å². The molecule has 0 bridgehead atoms. The van der Waals surface area contributed by atoms with Gasteiger partial charge in [0.15, 0.2) is 0 Å². The van der Waals surface area contributed by atoms with Gasteiger partial charge in [-0.2, -0.15) is 0 Å². The maximum Gasteiger partial charge on any atom is 0.407 e. The van der Waals surface area contributed by atoms with E-state index in [1.807, 2.05) is 20.8 Å². The van der Waals surface area contributed by atoms with Crippen molar-refractivity contribution >= 4 is 12.0 Å². The molecule has 1 aliphatic rings. The van der Waals surface area contributed by atoms with Gasteiger partial charge in [0.25, 0.3) is 0 Å². The number of nitrogens with two attached hydrogens (primary N) is 1. The number of likely N-dealkylation sites (tertiary alicyclic amines) is 1. The zero-order chi connectivity index (χ0) is 14.6. The summed E-state index contributed by atoms with van der Waals surface area (Å²) in [4.78, 5) is 25.2. The fraction of sp³-hybridized carbons (Fsp3) is 0.846. The van der Waals surface area contributed by atoms with Gasteiger partial charge in [0.1, 0.15) is 5.60 Å². The van der Waals surface area contributed by atoms with Gasteiger partial charge in [0.05, 0.1) is 6.04 Å². The zero-order valence-electron chi connectivity index (χ0n) is 12.2. The minimum atomic E-state index is -0.513. The molecule has 0 radical (unpaired) electrons. The lowest BCUT2D eigenvalue weighted by Crippen LogP contribution is -2.48. The van der Waals surface area contributed by atoms with Crippen molar-refractivity contribution in [2.75, 3.05) is 13.1 Å². The first-order valence-electron chi connectivity index (χ1n) is 6.73. The van der Waals surface area contributed by atoms with Crippen LogP contribution < -0.4 is 11.1 Å². The summed E-state index contributed by atoms with van der Waals surface area (Å²) in [5.41, 5.74) is 5.10. The molecule has 6 nitrogen and oxygen atoms in total. The Morgan fingerprint density at radius 1 is 1.47 bits per heavy atom. The Labute approximate surface area is 114 Å². The molecule has 0 aromatic carbocycles. The summed E-state index contributed by atoms with van der Waals surface area (Å²) in [5.74, 6) is -0.0616. The molecule has 0 aliphatic carbocycles. The van der Waals surface area contributed by atoms with Gasteiger partial charge < -0.3 is 20.7 Å². The third-order valence-electron chi connectivity index (χ3n) is 2.93. The van der Waals surface area contributed by atoms with Crippen molar-refractivity contribution in [3.8, 4) is 0 Å². The van der Waals surface area contributed by atoms with E-state index in [2.05, 4.69) is 5.32 Å². The molecule has 110 valence electrons. The molecule has 19 heavy (non-hydrogen) atoms. The molecule has 1 aliphatic heterocycles. The fourth-order valence-electron chi connectivity index (χ4n) is 2.11. The molecule has 1 saturated heterocycles. The minimum absolute atomic E-state index is 0.0195. The summed E-state index contributed by atoms with van der Waals surface area (Å²) < 4.78 is 5.16. The predicted molar refractivity (Wildman–Crippen MR) is 72.6 cm³/mol. The van der Waals surface area contributed by atoms with Gasteiger partial charge in [-0.15, -0.1) is 0 Å². The summed E-state index contributed by atoms with van der Waals surface area (Å²) in [6.45, 7) is 8.24. The summed E-state index contributed by atoms with van der Waals surface area (Å²) in [6.07, 6.45) is 1.38. The second-order valence-corrected chi connectivity index (χ2v) is 6.00. The average molecular weight is 271 g/mol. The molecule has 0 aromatic heterocycles. The number of rotatable bonds is 3. The molecular formula is C13H25N3O3. The van der Waals surface area contributed by atoms with Crippen molar-refractivity contribution in [1.29, 1.82) is 0 Å². The Morgan fingerprint density at radius 2 is 2.11 bits per heavy atom. The average Bonchev–Trinajstić information content (AvgIpc) is 2.70. The lowest BCUT2D eigenvalue weighted by Gasteiger charge is -2.27. The molecule has 1 fully saturated rings. The Balaban J connectivity index is 2.44. The van der Waals surface area contributed by atoms with E-state index in [0.29, 0.717) is 13.1 Å². The number of nitrogens with zero attached hydrogens (tertiary/aromatic N) is 1. The van der Waals surface area contributed by atoms with Crippen LogP contribution in [0, 0.1) is 0 Å². The Bertz CT molecular complexity index is 337. The van der Waals surface area contributed by atoms with Crippen LogP contribution in [0.1, 0.15) is 40.5 Å². The fourth-order valence-corrected chi connectivity index (χ4v) is 2.11. The summed E-state index contributed by atoms with van der Waals surface area (Å²) in [6, 6.07) is -0.479. The van der Waals surface area contributed by atoms with E-state index in [4.69, 9.17) is 10.5 Å². The van der Waals surface area contributed by atoms with Gasteiger partial charge in [-0.25, -0.2) is 4.79 Å². The summed E-state index contributed by atoms with van der Waals surface area (Å²) >= 11 is 0. The number of nitrogens with one attached hydrogen (secondary N) is 1. The highest BCUT2D eigenvalue weighted by Gasteiger charge is 2.30. The van der Waals surface area contributed by atoms with Crippen LogP contribution in [0.5, 0.6) is 0 Å². The molecule has 2 unspecified atom stereocenters. The monoisotopic (exact) mass is 271 g/mol. The first-order valence-corrected chi connectivity index (χ1v) is 6.73. The smallest absolute Gasteiger partial charge is 0.407 e. The first-order chi connectivity index (χ1) is 8.70. The number of amides is 2. The van der Waals surface area contributed by atoms with Crippen molar-refractivity contribution in [1.82, 2.24) is 10.2 Å². The normalized spacial score (nSPS) is 21.1. The number of hydrogen-bond donors (Lipinski definition) is 2.